The van der Waals surface area contributed by atoms with Crippen LogP contribution in [0.4, 0.5) is 5.69 Å². The van der Waals surface area contributed by atoms with Crippen molar-refractivity contribution in [2.45, 2.75) is 12.6 Å². The first kappa shape index (κ1) is 15.6. The van der Waals surface area contributed by atoms with E-state index < -0.39 is 0 Å². The highest BCUT2D eigenvalue weighted by Gasteiger charge is 2.28. The number of carbonyl (C=O) groups is 1. The van der Waals surface area contributed by atoms with E-state index in [1.54, 1.807) is 10.9 Å². The molecule has 0 saturated heterocycles. The maximum Gasteiger partial charge on any atom is 0.244 e. The van der Waals surface area contributed by atoms with Crippen LogP contribution in [0.3, 0.4) is 0 Å². The predicted molar refractivity (Wildman–Crippen MR) is 90.1 cm³/mol. The maximum absolute atomic E-state index is 13.0. The van der Waals surface area contributed by atoms with Gasteiger partial charge in [0.25, 0.3) is 0 Å². The van der Waals surface area contributed by atoms with Crippen molar-refractivity contribution in [3.05, 3.63) is 47.8 Å². The van der Waals surface area contributed by atoms with Gasteiger partial charge < -0.3 is 15.1 Å². The van der Waals surface area contributed by atoms with Crippen molar-refractivity contribution in [2.75, 3.05) is 32.1 Å². The van der Waals surface area contributed by atoms with Crippen LogP contribution in [0.5, 0.6) is 0 Å². The fourth-order valence-electron chi connectivity index (χ4n) is 3.09. The number of rotatable bonds is 3. The van der Waals surface area contributed by atoms with Gasteiger partial charge in [-0.15, -0.1) is 0 Å². The Morgan fingerprint density at radius 1 is 1.26 bits per heavy atom. The molecule has 0 saturated carbocycles. The summed E-state index contributed by atoms with van der Waals surface area (Å²) in [7, 11) is 5.74. The van der Waals surface area contributed by atoms with Crippen LogP contribution in [0.2, 0.25) is 0 Å². The number of carbonyl (C=O) groups excluding carboxylic acids is 1. The molecule has 1 N–H and O–H groups in total. The van der Waals surface area contributed by atoms with Crippen molar-refractivity contribution in [1.29, 1.82) is 0 Å². The number of benzene rings is 1. The molecule has 1 unspecified atom stereocenters. The second-order valence-corrected chi connectivity index (χ2v) is 5.98. The molecule has 0 radical (unpaired) electrons. The number of fused-ring (bicyclic) bond motifs is 1. The third-order valence-corrected chi connectivity index (χ3v) is 4.37. The van der Waals surface area contributed by atoms with E-state index >= 15 is 0 Å². The molecule has 6 nitrogen and oxygen atoms in total. The van der Waals surface area contributed by atoms with E-state index in [-0.39, 0.29) is 11.9 Å². The fourth-order valence-corrected chi connectivity index (χ4v) is 3.09. The van der Waals surface area contributed by atoms with Gasteiger partial charge in [0.15, 0.2) is 0 Å². The summed E-state index contributed by atoms with van der Waals surface area (Å²) in [5.74, 6) is 0.0885. The minimum absolute atomic E-state index is 0.0885. The molecule has 1 aromatic heterocycles. The summed E-state index contributed by atoms with van der Waals surface area (Å²) in [5, 5.41) is 7.30. The van der Waals surface area contributed by atoms with Crippen molar-refractivity contribution < 1.29 is 4.79 Å². The lowest BCUT2D eigenvalue weighted by Crippen LogP contribution is -2.41. The van der Waals surface area contributed by atoms with E-state index in [0.29, 0.717) is 13.1 Å². The Morgan fingerprint density at radius 2 is 2.04 bits per heavy atom. The van der Waals surface area contributed by atoms with Gasteiger partial charge >= 0.3 is 0 Å². The Labute approximate surface area is 136 Å². The second-order valence-electron chi connectivity index (χ2n) is 5.98. The smallest absolute Gasteiger partial charge is 0.244 e. The Kier molecular flexibility index (Phi) is 4.34. The molecule has 1 amide bonds. The summed E-state index contributed by atoms with van der Waals surface area (Å²) in [6.45, 7) is 2.17. The van der Waals surface area contributed by atoms with Crippen LogP contribution < -0.4 is 10.2 Å². The van der Waals surface area contributed by atoms with Crippen LogP contribution in [0.25, 0.3) is 0 Å². The number of hydrogen-bond acceptors (Lipinski definition) is 4. The zero-order chi connectivity index (χ0) is 16.4. The lowest BCUT2D eigenvalue weighted by atomic mass is 10.1. The maximum atomic E-state index is 13.0. The molecule has 0 aliphatic carbocycles. The first-order valence-electron chi connectivity index (χ1n) is 7.84. The molecule has 0 spiro atoms. The molecule has 2 aromatic rings. The normalized spacial score (nSPS) is 16.0. The Hall–Kier alpha value is -2.34. The minimum atomic E-state index is -0.362. The molecule has 0 fully saturated rings. The SMILES string of the molecule is CNC(C(=O)N1CCN(C)c2ccccc2C1)c1cnn(C)c1. The number of para-hydroxylation sites is 1. The van der Waals surface area contributed by atoms with E-state index in [1.165, 1.54) is 11.3 Å². The van der Waals surface area contributed by atoms with Gasteiger partial charge in [0.1, 0.15) is 6.04 Å². The third kappa shape index (κ3) is 3.07. The van der Waals surface area contributed by atoms with Gasteiger partial charge in [0, 0.05) is 51.2 Å². The van der Waals surface area contributed by atoms with E-state index in [0.717, 1.165) is 12.1 Å². The number of hydrogen-bond donors (Lipinski definition) is 1. The number of amides is 1. The number of likely N-dealkylation sites (N-methyl/N-ethyl adjacent to an activating group) is 2. The Morgan fingerprint density at radius 3 is 2.74 bits per heavy atom. The fraction of sp³-hybridized carbons (Fsp3) is 0.412. The highest BCUT2D eigenvalue weighted by atomic mass is 16.2. The summed E-state index contributed by atoms with van der Waals surface area (Å²) >= 11 is 0. The average Bonchev–Trinajstić information content (AvgIpc) is 2.90. The third-order valence-electron chi connectivity index (χ3n) is 4.37. The Balaban J connectivity index is 1.85. The van der Waals surface area contributed by atoms with Gasteiger partial charge in [-0.3, -0.25) is 9.48 Å². The predicted octanol–water partition coefficient (Wildman–Crippen LogP) is 1.16. The molecular formula is C17H23N5O. The van der Waals surface area contributed by atoms with Crippen LogP contribution in [-0.2, 0) is 18.4 Å². The van der Waals surface area contributed by atoms with Crippen molar-refractivity contribution >= 4 is 11.6 Å². The topological polar surface area (TPSA) is 53.4 Å². The summed E-state index contributed by atoms with van der Waals surface area (Å²) in [6.07, 6.45) is 3.63. The average molecular weight is 313 g/mol. The molecular weight excluding hydrogens is 290 g/mol. The van der Waals surface area contributed by atoms with Crippen molar-refractivity contribution in [3.63, 3.8) is 0 Å². The van der Waals surface area contributed by atoms with Gasteiger partial charge in [-0.2, -0.15) is 5.10 Å². The van der Waals surface area contributed by atoms with Gasteiger partial charge in [-0.05, 0) is 18.7 Å². The van der Waals surface area contributed by atoms with E-state index in [4.69, 9.17) is 0 Å². The molecule has 3 rings (SSSR count). The molecule has 1 aromatic carbocycles. The minimum Gasteiger partial charge on any atom is -0.373 e. The van der Waals surface area contributed by atoms with Crippen molar-refractivity contribution in [2.24, 2.45) is 7.05 Å². The quantitative estimate of drug-likeness (QED) is 0.924. The van der Waals surface area contributed by atoms with Gasteiger partial charge in [0.05, 0.1) is 6.20 Å². The number of aromatic nitrogens is 2. The summed E-state index contributed by atoms with van der Waals surface area (Å²) < 4.78 is 1.72. The second kappa shape index (κ2) is 6.42. The van der Waals surface area contributed by atoms with Gasteiger partial charge in [-0.25, -0.2) is 0 Å². The first-order valence-corrected chi connectivity index (χ1v) is 7.84. The highest BCUT2D eigenvalue weighted by molar-refractivity contribution is 5.83. The van der Waals surface area contributed by atoms with Crippen LogP contribution >= 0.6 is 0 Å². The van der Waals surface area contributed by atoms with Gasteiger partial charge in [0.2, 0.25) is 5.91 Å². The van der Waals surface area contributed by atoms with Crippen molar-refractivity contribution in [3.8, 4) is 0 Å². The number of anilines is 1. The lowest BCUT2D eigenvalue weighted by molar-refractivity contribution is -0.134. The molecule has 122 valence electrons. The largest absolute Gasteiger partial charge is 0.373 e. The summed E-state index contributed by atoms with van der Waals surface area (Å²) in [5.41, 5.74) is 3.28. The highest BCUT2D eigenvalue weighted by Crippen LogP contribution is 2.25. The van der Waals surface area contributed by atoms with E-state index in [1.807, 2.05) is 37.3 Å². The summed E-state index contributed by atoms with van der Waals surface area (Å²) in [4.78, 5) is 17.2. The van der Waals surface area contributed by atoms with E-state index in [9.17, 15) is 4.79 Å². The zero-order valence-corrected chi connectivity index (χ0v) is 13.9. The van der Waals surface area contributed by atoms with Crippen LogP contribution in [-0.4, -0.2) is 47.8 Å². The molecule has 23 heavy (non-hydrogen) atoms. The number of nitrogens with zero attached hydrogens (tertiary/aromatic N) is 4. The van der Waals surface area contributed by atoms with E-state index in [2.05, 4.69) is 34.5 Å². The standard InChI is InChI=1S/C17H23N5O/c1-18-16(14-10-19-21(3)11-14)17(23)22-9-8-20(2)15-7-5-4-6-13(15)12-22/h4-7,10-11,16,18H,8-9,12H2,1-3H3. The van der Waals surface area contributed by atoms with Crippen LogP contribution in [0, 0.1) is 0 Å². The zero-order valence-electron chi connectivity index (χ0n) is 13.9. The molecule has 0 bridgehead atoms. The first-order chi connectivity index (χ1) is 11.1. The molecule has 6 heteroatoms. The number of aryl methyl sites for hydroxylation is 1. The molecule has 1 atom stereocenters. The lowest BCUT2D eigenvalue weighted by Gasteiger charge is -2.25. The Bertz CT molecular complexity index is 696. The molecule has 2 heterocycles. The van der Waals surface area contributed by atoms with Crippen LogP contribution in [0.15, 0.2) is 36.7 Å². The molecule has 1 aliphatic rings. The van der Waals surface area contributed by atoms with Crippen LogP contribution in [0.1, 0.15) is 17.2 Å². The molecule has 1 aliphatic heterocycles. The number of nitrogens with one attached hydrogen (secondary N) is 1. The summed E-state index contributed by atoms with van der Waals surface area (Å²) in [6, 6.07) is 7.91. The van der Waals surface area contributed by atoms with Gasteiger partial charge in [-0.1, -0.05) is 18.2 Å². The monoisotopic (exact) mass is 313 g/mol. The van der Waals surface area contributed by atoms with Crippen molar-refractivity contribution in [1.82, 2.24) is 20.0 Å².